The molecular weight excluding hydrogens is 494 g/mol. The summed E-state index contributed by atoms with van der Waals surface area (Å²) in [4.78, 5) is 29.5. The Kier molecular flexibility index (Phi) is 9.07. The molecule has 4 heterocycles. The van der Waals surface area contributed by atoms with E-state index in [0.29, 0.717) is 23.7 Å². The molecule has 1 aromatic carbocycles. The molecule has 0 bridgehead atoms. The monoisotopic (exact) mass is 537 g/mol. The van der Waals surface area contributed by atoms with Gasteiger partial charge in [-0.2, -0.15) is 0 Å². The number of amides is 1. The number of nitrogens with zero attached hydrogens (tertiary/aromatic N) is 6. The van der Waals surface area contributed by atoms with Crippen molar-refractivity contribution in [3.63, 3.8) is 0 Å². The summed E-state index contributed by atoms with van der Waals surface area (Å²) in [6.07, 6.45) is 9.41. The fourth-order valence-electron chi connectivity index (χ4n) is 6.31. The van der Waals surface area contributed by atoms with Gasteiger partial charge in [0, 0.05) is 56.1 Å². The molecule has 0 aliphatic carbocycles. The van der Waals surface area contributed by atoms with Crippen LogP contribution in [0.25, 0.3) is 0 Å². The average Bonchev–Trinajstić information content (AvgIpc) is 3.46. The van der Waals surface area contributed by atoms with Gasteiger partial charge in [0.05, 0.1) is 0 Å². The predicted molar refractivity (Wildman–Crippen MR) is 157 cm³/mol. The molecule has 3 fully saturated rings. The van der Waals surface area contributed by atoms with E-state index < -0.39 is 0 Å². The Bertz CT molecular complexity index is 1050. The zero-order valence-electron chi connectivity index (χ0n) is 23.2. The number of piperidine rings is 2. The number of likely N-dealkylation sites (tertiary alicyclic amines) is 2. The summed E-state index contributed by atoms with van der Waals surface area (Å²) >= 11 is 1.83. The minimum absolute atomic E-state index is 0.0443. The molecule has 5 rings (SSSR count). The lowest BCUT2D eigenvalue weighted by Gasteiger charge is -2.43. The van der Waals surface area contributed by atoms with Crippen LogP contribution in [0.5, 0.6) is 0 Å². The summed E-state index contributed by atoms with van der Waals surface area (Å²) in [5.74, 6) is 1.38. The molecule has 38 heavy (non-hydrogen) atoms. The molecule has 206 valence electrons. The van der Waals surface area contributed by atoms with Crippen molar-refractivity contribution >= 4 is 29.4 Å². The highest BCUT2D eigenvalue weighted by molar-refractivity contribution is 7.96. The second kappa shape index (κ2) is 12.7. The molecule has 0 radical (unpaired) electrons. The van der Waals surface area contributed by atoms with E-state index >= 15 is 0 Å². The third-order valence-corrected chi connectivity index (χ3v) is 9.70. The molecule has 1 unspecified atom stereocenters. The van der Waals surface area contributed by atoms with Crippen molar-refractivity contribution in [3.8, 4) is 0 Å². The zero-order chi connectivity index (χ0) is 26.5. The number of hydrogen-bond acceptors (Lipinski definition) is 8. The van der Waals surface area contributed by atoms with E-state index in [0.717, 1.165) is 63.4 Å². The van der Waals surface area contributed by atoms with E-state index in [4.69, 9.17) is 0 Å². The van der Waals surface area contributed by atoms with Gasteiger partial charge < -0.3 is 20.0 Å². The molecule has 1 aromatic heterocycles. The fourth-order valence-corrected chi connectivity index (χ4v) is 6.81. The third-order valence-electron chi connectivity index (χ3n) is 8.82. The van der Waals surface area contributed by atoms with Crippen molar-refractivity contribution in [2.75, 3.05) is 69.3 Å². The molecule has 3 aliphatic rings. The number of anilines is 2. The lowest BCUT2D eigenvalue weighted by Crippen LogP contribution is -2.50. The van der Waals surface area contributed by atoms with Gasteiger partial charge in [-0.25, -0.2) is 9.97 Å². The van der Waals surface area contributed by atoms with Crippen LogP contribution in [0.2, 0.25) is 0 Å². The van der Waals surface area contributed by atoms with Gasteiger partial charge in [-0.05, 0) is 83.5 Å². The summed E-state index contributed by atoms with van der Waals surface area (Å²) in [6, 6.07) is 11.9. The van der Waals surface area contributed by atoms with E-state index in [1.807, 2.05) is 23.8 Å². The Balaban J connectivity index is 1.11. The van der Waals surface area contributed by atoms with E-state index in [1.54, 1.807) is 0 Å². The van der Waals surface area contributed by atoms with Gasteiger partial charge in [0.2, 0.25) is 0 Å². The number of benzene rings is 1. The predicted octanol–water partition coefficient (Wildman–Crippen LogP) is 4.00. The highest BCUT2D eigenvalue weighted by Gasteiger charge is 2.32. The highest BCUT2D eigenvalue weighted by atomic mass is 32.2. The Morgan fingerprint density at radius 3 is 2.47 bits per heavy atom. The van der Waals surface area contributed by atoms with Crippen LogP contribution in [0.1, 0.15) is 48.2 Å². The van der Waals surface area contributed by atoms with Gasteiger partial charge >= 0.3 is 0 Å². The Labute approximate surface area is 232 Å². The van der Waals surface area contributed by atoms with Crippen LogP contribution in [0, 0.1) is 12.8 Å². The summed E-state index contributed by atoms with van der Waals surface area (Å²) in [7, 11) is 2.21. The van der Waals surface area contributed by atoms with Gasteiger partial charge in [0.1, 0.15) is 17.8 Å². The van der Waals surface area contributed by atoms with Gasteiger partial charge in [0.15, 0.2) is 0 Å². The van der Waals surface area contributed by atoms with Crippen molar-refractivity contribution in [2.45, 2.75) is 51.1 Å². The van der Waals surface area contributed by atoms with Crippen molar-refractivity contribution in [1.82, 2.24) is 24.1 Å². The van der Waals surface area contributed by atoms with Crippen molar-refractivity contribution in [3.05, 3.63) is 47.9 Å². The first-order valence-corrected chi connectivity index (χ1v) is 15.4. The zero-order valence-corrected chi connectivity index (χ0v) is 24.0. The van der Waals surface area contributed by atoms with Gasteiger partial charge in [-0.15, -0.1) is 0 Å². The van der Waals surface area contributed by atoms with Crippen LogP contribution >= 0.6 is 11.9 Å². The van der Waals surface area contributed by atoms with E-state index in [2.05, 4.69) is 73.0 Å². The average molecular weight is 538 g/mol. The lowest BCUT2D eigenvalue weighted by atomic mass is 9.97. The maximum Gasteiger partial charge on any atom is 0.272 e. The number of carbonyl (C=O) groups excluding carboxylic acids is 1. The van der Waals surface area contributed by atoms with Crippen LogP contribution in [0.15, 0.2) is 36.7 Å². The summed E-state index contributed by atoms with van der Waals surface area (Å²) in [5.41, 5.74) is 2.69. The smallest absolute Gasteiger partial charge is 0.272 e. The normalized spacial score (nSPS) is 21.8. The number of para-hydroxylation sites is 1. The Morgan fingerprint density at radius 1 is 1.03 bits per heavy atom. The standard InChI is InChI=1S/C29H43N7OS/c1-22-27(29(37)35-17-12-26(13-18-35)34-15-10-24(11-16-34)33(2)38-3)31-21-32-28(22)30-19-23-9-14-36(20-23)25-7-5-4-6-8-25/h4-8,21,23-24,26H,9-20H2,1-3H3,(H,30,31,32). The van der Waals surface area contributed by atoms with Crippen LogP contribution in [0.4, 0.5) is 11.5 Å². The summed E-state index contributed by atoms with van der Waals surface area (Å²) < 4.78 is 2.40. The van der Waals surface area contributed by atoms with Crippen LogP contribution in [0.3, 0.4) is 0 Å². The maximum absolute atomic E-state index is 13.4. The molecule has 1 amide bonds. The quantitative estimate of drug-likeness (QED) is 0.507. The van der Waals surface area contributed by atoms with E-state index in [-0.39, 0.29) is 5.91 Å². The third kappa shape index (κ3) is 6.26. The number of rotatable bonds is 8. The SMILES string of the molecule is CSN(C)C1CCN(C2CCN(C(=O)c3ncnc(NCC4CCN(c5ccccc5)C4)c3C)CC2)CC1. The minimum Gasteiger partial charge on any atom is -0.371 e. The molecule has 0 saturated carbocycles. The topological polar surface area (TPSA) is 67.8 Å². The van der Waals surface area contributed by atoms with Crippen LogP contribution in [-0.4, -0.2) is 101 Å². The van der Waals surface area contributed by atoms with Gasteiger partial charge in [-0.1, -0.05) is 30.1 Å². The molecule has 3 aliphatic heterocycles. The number of hydrogen-bond donors (Lipinski definition) is 1. The molecule has 9 heteroatoms. The molecular formula is C29H43N7OS. The minimum atomic E-state index is 0.0443. The molecule has 1 atom stereocenters. The first-order valence-electron chi connectivity index (χ1n) is 14.2. The molecule has 0 spiro atoms. The summed E-state index contributed by atoms with van der Waals surface area (Å²) in [5, 5.41) is 3.53. The van der Waals surface area contributed by atoms with Crippen molar-refractivity contribution in [2.24, 2.45) is 5.92 Å². The molecule has 8 nitrogen and oxygen atoms in total. The maximum atomic E-state index is 13.4. The number of nitrogens with one attached hydrogen (secondary N) is 1. The number of carbonyl (C=O) groups is 1. The van der Waals surface area contributed by atoms with Crippen LogP contribution in [-0.2, 0) is 0 Å². The highest BCUT2D eigenvalue weighted by Crippen LogP contribution is 2.27. The Hall–Kier alpha value is -2.36. The first kappa shape index (κ1) is 27.2. The van der Waals surface area contributed by atoms with Crippen molar-refractivity contribution in [1.29, 1.82) is 0 Å². The summed E-state index contributed by atoms with van der Waals surface area (Å²) in [6.45, 7) is 8.87. The van der Waals surface area contributed by atoms with Crippen LogP contribution < -0.4 is 10.2 Å². The second-order valence-electron chi connectivity index (χ2n) is 11.0. The first-order chi connectivity index (χ1) is 18.5. The molecule has 3 saturated heterocycles. The Morgan fingerprint density at radius 2 is 1.76 bits per heavy atom. The second-order valence-corrected chi connectivity index (χ2v) is 12.0. The largest absolute Gasteiger partial charge is 0.371 e. The number of aromatic nitrogens is 2. The van der Waals surface area contributed by atoms with Gasteiger partial charge in [-0.3, -0.25) is 9.10 Å². The lowest BCUT2D eigenvalue weighted by molar-refractivity contribution is 0.0545. The van der Waals surface area contributed by atoms with Gasteiger partial charge in [0.25, 0.3) is 5.91 Å². The molecule has 1 N–H and O–H groups in total. The van der Waals surface area contributed by atoms with Crippen molar-refractivity contribution < 1.29 is 4.79 Å². The van der Waals surface area contributed by atoms with E-state index in [1.165, 1.54) is 37.9 Å². The van der Waals surface area contributed by atoms with E-state index in [9.17, 15) is 4.79 Å². The fraction of sp³-hybridized carbons (Fsp3) is 0.621. The molecule has 2 aromatic rings.